The molecule has 2 aromatic heterocycles. The van der Waals surface area contributed by atoms with Crippen LogP contribution in [-0.4, -0.2) is 47.4 Å². The van der Waals surface area contributed by atoms with Crippen LogP contribution in [0.5, 0.6) is 5.75 Å². The number of ether oxygens (including phenoxy) is 1. The average molecular weight is 556 g/mol. The molecule has 198 valence electrons. The minimum atomic E-state index is -3.45. The molecule has 0 unspecified atom stereocenters. The van der Waals surface area contributed by atoms with Crippen LogP contribution in [0, 0.1) is 0 Å². The molecule has 0 spiro atoms. The van der Waals surface area contributed by atoms with Crippen LogP contribution in [0.2, 0.25) is 5.02 Å². The number of amides is 1. The van der Waals surface area contributed by atoms with Gasteiger partial charge in [-0.2, -0.15) is 5.10 Å². The van der Waals surface area contributed by atoms with Gasteiger partial charge in [-0.05, 0) is 56.3 Å². The largest absolute Gasteiger partial charge is 0.495 e. The smallest absolute Gasteiger partial charge is 0.255 e. The molecule has 0 saturated carbocycles. The van der Waals surface area contributed by atoms with Crippen LogP contribution in [0.4, 0.5) is 23.0 Å². The predicted molar refractivity (Wildman–Crippen MR) is 148 cm³/mol. The van der Waals surface area contributed by atoms with Crippen molar-refractivity contribution in [3.63, 3.8) is 0 Å². The summed E-state index contributed by atoms with van der Waals surface area (Å²) >= 11 is 6.34. The Balaban J connectivity index is 1.53. The standard InChI is InChI=1S/C25H26ClN7O4S/c1-15(2)33-11-10-21(31-33)23-19(26)14-27-25(30-23)29-20-9-8-16(12-22(20)37-3)24(34)28-17-6-5-7-18(13-17)32-38(4,35)36/h5-15,32H,1-4H3,(H,28,34)(H,27,29,30). The van der Waals surface area contributed by atoms with Gasteiger partial charge in [-0.25, -0.2) is 18.4 Å². The molecular weight excluding hydrogens is 530 g/mol. The van der Waals surface area contributed by atoms with Gasteiger partial charge in [-0.3, -0.25) is 14.2 Å². The van der Waals surface area contributed by atoms with Crippen molar-refractivity contribution in [2.24, 2.45) is 0 Å². The van der Waals surface area contributed by atoms with Crippen LogP contribution >= 0.6 is 11.6 Å². The summed E-state index contributed by atoms with van der Waals surface area (Å²) in [5.74, 6) is 0.251. The molecule has 3 N–H and O–H groups in total. The van der Waals surface area contributed by atoms with E-state index < -0.39 is 15.9 Å². The van der Waals surface area contributed by atoms with Gasteiger partial charge in [0.1, 0.15) is 17.1 Å². The van der Waals surface area contributed by atoms with Crippen molar-refractivity contribution < 1.29 is 17.9 Å². The molecule has 0 saturated heterocycles. The Hall–Kier alpha value is -4.16. The lowest BCUT2D eigenvalue weighted by Crippen LogP contribution is -2.13. The number of benzene rings is 2. The lowest BCUT2D eigenvalue weighted by molar-refractivity contribution is 0.102. The minimum absolute atomic E-state index is 0.190. The number of halogens is 1. The fraction of sp³-hybridized carbons (Fsp3) is 0.200. The van der Waals surface area contributed by atoms with Crippen molar-refractivity contribution >= 4 is 50.5 Å². The predicted octanol–water partition coefficient (Wildman–Crippen LogP) is 4.95. The zero-order valence-corrected chi connectivity index (χ0v) is 22.6. The number of nitrogens with zero attached hydrogens (tertiary/aromatic N) is 4. The first kappa shape index (κ1) is 26.9. The summed E-state index contributed by atoms with van der Waals surface area (Å²) in [6.45, 7) is 4.05. The molecule has 0 fully saturated rings. The normalized spacial score (nSPS) is 11.3. The number of rotatable bonds is 9. The first-order chi connectivity index (χ1) is 18.0. The van der Waals surface area contributed by atoms with Gasteiger partial charge in [-0.15, -0.1) is 0 Å². The molecule has 4 rings (SSSR count). The highest BCUT2D eigenvalue weighted by Crippen LogP contribution is 2.30. The van der Waals surface area contributed by atoms with Crippen molar-refractivity contribution in [3.8, 4) is 17.1 Å². The number of carbonyl (C=O) groups excluding carboxylic acids is 1. The summed E-state index contributed by atoms with van der Waals surface area (Å²) in [4.78, 5) is 21.6. The Morgan fingerprint density at radius 3 is 2.55 bits per heavy atom. The maximum Gasteiger partial charge on any atom is 0.255 e. The number of methoxy groups -OCH3 is 1. The van der Waals surface area contributed by atoms with E-state index in [1.54, 1.807) is 36.4 Å². The highest BCUT2D eigenvalue weighted by Gasteiger charge is 2.15. The van der Waals surface area contributed by atoms with E-state index in [1.165, 1.54) is 19.4 Å². The molecule has 1 amide bonds. The second-order valence-corrected chi connectivity index (χ2v) is 10.8. The molecule has 4 aromatic rings. The van der Waals surface area contributed by atoms with Gasteiger partial charge in [0.05, 0.1) is 36.0 Å². The van der Waals surface area contributed by atoms with Crippen LogP contribution in [0.3, 0.4) is 0 Å². The molecule has 0 aliphatic heterocycles. The van der Waals surface area contributed by atoms with Gasteiger partial charge >= 0.3 is 0 Å². The minimum Gasteiger partial charge on any atom is -0.495 e. The Kier molecular flexibility index (Phi) is 7.83. The van der Waals surface area contributed by atoms with Crippen molar-refractivity contribution in [2.45, 2.75) is 19.9 Å². The molecule has 0 aliphatic rings. The Bertz CT molecular complexity index is 1590. The van der Waals surface area contributed by atoms with Crippen molar-refractivity contribution in [2.75, 3.05) is 28.7 Å². The van der Waals surface area contributed by atoms with E-state index in [-0.39, 0.29) is 12.0 Å². The third-order valence-corrected chi connectivity index (χ3v) is 6.14. The number of sulfonamides is 1. The fourth-order valence-electron chi connectivity index (χ4n) is 3.49. The molecule has 2 aromatic carbocycles. The maximum absolute atomic E-state index is 12.9. The SMILES string of the molecule is COc1cc(C(=O)Nc2cccc(NS(C)(=O)=O)c2)ccc1Nc1ncc(Cl)c(-c2ccn(C(C)C)n2)n1. The Morgan fingerprint density at radius 2 is 1.87 bits per heavy atom. The number of anilines is 4. The van der Waals surface area contributed by atoms with Crippen molar-refractivity contribution in [1.82, 2.24) is 19.7 Å². The van der Waals surface area contributed by atoms with Gasteiger partial charge in [0, 0.05) is 23.5 Å². The summed E-state index contributed by atoms with van der Waals surface area (Å²) < 4.78 is 32.6. The van der Waals surface area contributed by atoms with Crippen molar-refractivity contribution in [3.05, 3.63) is 71.5 Å². The molecule has 0 aliphatic carbocycles. The quantitative estimate of drug-likeness (QED) is 0.263. The van der Waals surface area contributed by atoms with Crippen LogP contribution in [0.25, 0.3) is 11.4 Å². The lowest BCUT2D eigenvalue weighted by atomic mass is 10.1. The van der Waals surface area contributed by atoms with E-state index in [1.807, 2.05) is 30.8 Å². The summed E-state index contributed by atoms with van der Waals surface area (Å²) in [7, 11) is -1.96. The van der Waals surface area contributed by atoms with Gasteiger partial charge in [0.15, 0.2) is 0 Å². The summed E-state index contributed by atoms with van der Waals surface area (Å²) in [6.07, 6.45) is 4.40. The average Bonchev–Trinajstić information content (AvgIpc) is 3.35. The number of hydrogen-bond acceptors (Lipinski definition) is 8. The van der Waals surface area contributed by atoms with E-state index in [0.29, 0.717) is 44.8 Å². The van der Waals surface area contributed by atoms with Crippen LogP contribution in [0.15, 0.2) is 60.9 Å². The first-order valence-electron chi connectivity index (χ1n) is 11.4. The van der Waals surface area contributed by atoms with Gasteiger partial charge in [0.2, 0.25) is 16.0 Å². The van der Waals surface area contributed by atoms with E-state index in [0.717, 1.165) is 6.26 Å². The lowest BCUT2D eigenvalue weighted by Gasteiger charge is -2.13. The molecule has 0 radical (unpaired) electrons. The monoisotopic (exact) mass is 555 g/mol. The maximum atomic E-state index is 12.9. The van der Waals surface area contributed by atoms with E-state index in [4.69, 9.17) is 16.3 Å². The van der Waals surface area contributed by atoms with E-state index in [2.05, 4.69) is 30.4 Å². The molecule has 11 nitrogen and oxygen atoms in total. The molecule has 2 heterocycles. The van der Waals surface area contributed by atoms with Crippen molar-refractivity contribution in [1.29, 1.82) is 0 Å². The molecule has 13 heteroatoms. The number of nitrogens with one attached hydrogen (secondary N) is 3. The first-order valence-corrected chi connectivity index (χ1v) is 13.7. The van der Waals surface area contributed by atoms with Crippen LogP contribution in [0.1, 0.15) is 30.2 Å². The third kappa shape index (κ3) is 6.58. The molecule has 0 atom stereocenters. The highest BCUT2D eigenvalue weighted by atomic mass is 35.5. The zero-order chi connectivity index (χ0) is 27.4. The number of carbonyl (C=O) groups is 1. The Morgan fingerprint density at radius 1 is 1.11 bits per heavy atom. The summed E-state index contributed by atoms with van der Waals surface area (Å²) in [5.41, 5.74) is 2.71. The molecular formula is C25H26ClN7O4S. The van der Waals surface area contributed by atoms with Crippen LogP contribution in [-0.2, 0) is 10.0 Å². The molecule has 38 heavy (non-hydrogen) atoms. The topological polar surface area (TPSA) is 140 Å². The number of aromatic nitrogens is 4. The third-order valence-electron chi connectivity index (χ3n) is 5.26. The number of hydrogen-bond donors (Lipinski definition) is 3. The van der Waals surface area contributed by atoms with E-state index in [9.17, 15) is 13.2 Å². The van der Waals surface area contributed by atoms with Gasteiger partial charge in [-0.1, -0.05) is 17.7 Å². The second kappa shape index (κ2) is 11.1. The van der Waals surface area contributed by atoms with Gasteiger partial charge < -0.3 is 15.4 Å². The highest BCUT2D eigenvalue weighted by molar-refractivity contribution is 7.92. The summed E-state index contributed by atoms with van der Waals surface area (Å²) in [6, 6.07) is 13.3. The summed E-state index contributed by atoms with van der Waals surface area (Å²) in [5, 5.41) is 10.7. The zero-order valence-electron chi connectivity index (χ0n) is 21.1. The van der Waals surface area contributed by atoms with Gasteiger partial charge in [0.25, 0.3) is 5.91 Å². The fourth-order valence-corrected chi connectivity index (χ4v) is 4.24. The Labute approximate surface area is 225 Å². The second-order valence-electron chi connectivity index (χ2n) is 8.61. The van der Waals surface area contributed by atoms with Crippen LogP contribution < -0.4 is 20.1 Å². The molecule has 0 bridgehead atoms. The van der Waals surface area contributed by atoms with E-state index >= 15 is 0 Å².